The van der Waals surface area contributed by atoms with Crippen LogP contribution in [0.4, 0.5) is 0 Å². The predicted octanol–water partition coefficient (Wildman–Crippen LogP) is 4.05. The van der Waals surface area contributed by atoms with E-state index >= 15 is 0 Å². The van der Waals surface area contributed by atoms with Gasteiger partial charge < -0.3 is 0 Å². The lowest BCUT2D eigenvalue weighted by Crippen LogP contribution is -2.00. The number of benzene rings is 1. The number of hydrogen-bond acceptors (Lipinski definition) is 1. The smallest absolute Gasteiger partial charge is 0.162 e. The van der Waals surface area contributed by atoms with Crippen LogP contribution in [0.3, 0.4) is 0 Å². The minimum Gasteiger partial charge on any atom is -0.294 e. The first-order valence-corrected chi connectivity index (χ1v) is 6.43. The van der Waals surface area contributed by atoms with Crippen LogP contribution in [-0.2, 0) is 0 Å². The van der Waals surface area contributed by atoms with Crippen LogP contribution in [0.15, 0.2) is 18.2 Å². The standard InChI is InChI=1S/C13H17BrO/c1-10-7-11(2)9-12(8-10)13(15)5-3-4-6-14/h7-9H,3-6H2,1-2H3. The van der Waals surface area contributed by atoms with Gasteiger partial charge >= 0.3 is 0 Å². The molecule has 0 fully saturated rings. The van der Waals surface area contributed by atoms with Gasteiger partial charge in [0.25, 0.3) is 0 Å². The molecule has 0 heterocycles. The fourth-order valence-electron chi connectivity index (χ4n) is 1.66. The number of carbonyl (C=O) groups excluding carboxylic acids is 1. The molecule has 0 saturated heterocycles. The Kier molecular flexibility index (Phi) is 5.03. The van der Waals surface area contributed by atoms with E-state index in [2.05, 4.69) is 22.0 Å². The molecule has 1 rings (SSSR count). The summed E-state index contributed by atoms with van der Waals surface area (Å²) in [5, 5.41) is 0.979. The van der Waals surface area contributed by atoms with Crippen molar-refractivity contribution in [3.63, 3.8) is 0 Å². The average Bonchev–Trinajstić information content (AvgIpc) is 2.16. The Morgan fingerprint density at radius 3 is 2.27 bits per heavy atom. The molecule has 82 valence electrons. The monoisotopic (exact) mass is 268 g/mol. The van der Waals surface area contributed by atoms with Gasteiger partial charge in [-0.15, -0.1) is 0 Å². The molecule has 0 atom stereocenters. The Hall–Kier alpha value is -0.630. The van der Waals surface area contributed by atoms with E-state index in [9.17, 15) is 4.79 Å². The second-order valence-electron chi connectivity index (χ2n) is 3.95. The fraction of sp³-hybridized carbons (Fsp3) is 0.462. The molecule has 0 aliphatic carbocycles. The highest BCUT2D eigenvalue weighted by molar-refractivity contribution is 9.09. The van der Waals surface area contributed by atoms with E-state index in [-0.39, 0.29) is 5.78 Å². The Labute approximate surface area is 100 Å². The van der Waals surface area contributed by atoms with Gasteiger partial charge in [-0.05, 0) is 38.8 Å². The molecule has 0 N–H and O–H groups in total. The van der Waals surface area contributed by atoms with Gasteiger partial charge in [0.15, 0.2) is 5.78 Å². The molecule has 15 heavy (non-hydrogen) atoms. The molecule has 0 radical (unpaired) electrons. The maximum absolute atomic E-state index is 11.8. The number of halogens is 1. The van der Waals surface area contributed by atoms with Crippen molar-refractivity contribution in [2.45, 2.75) is 33.1 Å². The predicted molar refractivity (Wildman–Crippen MR) is 67.9 cm³/mol. The lowest BCUT2D eigenvalue weighted by Gasteiger charge is -2.03. The van der Waals surface area contributed by atoms with Crippen LogP contribution in [0, 0.1) is 13.8 Å². The second-order valence-corrected chi connectivity index (χ2v) is 4.74. The summed E-state index contributed by atoms with van der Waals surface area (Å²) in [7, 11) is 0. The second kappa shape index (κ2) is 6.06. The molecular formula is C13H17BrO. The molecule has 0 aliphatic heterocycles. The number of aryl methyl sites for hydroxylation is 2. The zero-order valence-corrected chi connectivity index (χ0v) is 10.9. The molecule has 1 nitrogen and oxygen atoms in total. The Balaban J connectivity index is 2.65. The summed E-state index contributed by atoms with van der Waals surface area (Å²) >= 11 is 3.37. The maximum Gasteiger partial charge on any atom is 0.162 e. The molecule has 0 bridgehead atoms. The van der Waals surface area contributed by atoms with Crippen LogP contribution in [-0.4, -0.2) is 11.1 Å². The third kappa shape index (κ3) is 4.17. The van der Waals surface area contributed by atoms with Gasteiger partial charge in [-0.3, -0.25) is 4.79 Å². The maximum atomic E-state index is 11.8. The van der Waals surface area contributed by atoms with Gasteiger partial charge in [0.2, 0.25) is 0 Å². The zero-order chi connectivity index (χ0) is 11.3. The third-order valence-electron chi connectivity index (χ3n) is 2.33. The number of ketones is 1. The number of unbranched alkanes of at least 4 members (excludes halogenated alkanes) is 1. The largest absolute Gasteiger partial charge is 0.294 e. The molecule has 2 heteroatoms. The number of Topliss-reactive ketones (excluding diaryl/α,β-unsaturated/α-hetero) is 1. The minimum absolute atomic E-state index is 0.266. The molecule has 1 aromatic carbocycles. The van der Waals surface area contributed by atoms with Crippen molar-refractivity contribution in [2.75, 3.05) is 5.33 Å². The lowest BCUT2D eigenvalue weighted by molar-refractivity contribution is 0.0980. The minimum atomic E-state index is 0.266. The molecule has 0 amide bonds. The highest BCUT2D eigenvalue weighted by Crippen LogP contribution is 2.12. The summed E-state index contributed by atoms with van der Waals surface area (Å²) in [5.41, 5.74) is 3.19. The first-order valence-electron chi connectivity index (χ1n) is 5.31. The van der Waals surface area contributed by atoms with Gasteiger partial charge in [-0.25, -0.2) is 0 Å². The van der Waals surface area contributed by atoms with Gasteiger partial charge in [-0.1, -0.05) is 33.1 Å². The number of rotatable bonds is 5. The Morgan fingerprint density at radius 2 is 1.73 bits per heavy atom. The van der Waals surface area contributed by atoms with Crippen molar-refractivity contribution in [2.24, 2.45) is 0 Å². The first kappa shape index (κ1) is 12.4. The molecule has 0 aliphatic rings. The summed E-state index contributed by atoms with van der Waals surface area (Å²) in [4.78, 5) is 11.8. The first-order chi connectivity index (χ1) is 7.13. The van der Waals surface area contributed by atoms with E-state index in [0.717, 1.165) is 23.7 Å². The van der Waals surface area contributed by atoms with E-state index in [1.165, 1.54) is 11.1 Å². The summed E-state index contributed by atoms with van der Waals surface area (Å²) in [6.45, 7) is 4.06. The Bertz CT molecular complexity index is 324. The van der Waals surface area contributed by atoms with Gasteiger partial charge in [0.1, 0.15) is 0 Å². The molecule has 0 spiro atoms. The molecule has 0 aromatic heterocycles. The quantitative estimate of drug-likeness (QED) is 0.447. The summed E-state index contributed by atoms with van der Waals surface area (Å²) in [6, 6.07) is 6.04. The van der Waals surface area contributed by atoms with Crippen LogP contribution >= 0.6 is 15.9 Å². The number of hydrogen-bond donors (Lipinski definition) is 0. The van der Waals surface area contributed by atoms with E-state index < -0.39 is 0 Å². The van der Waals surface area contributed by atoms with E-state index in [0.29, 0.717) is 6.42 Å². The topological polar surface area (TPSA) is 17.1 Å². The van der Waals surface area contributed by atoms with Crippen LogP contribution < -0.4 is 0 Å². The molecule has 0 unspecified atom stereocenters. The third-order valence-corrected chi connectivity index (χ3v) is 2.89. The molecular weight excluding hydrogens is 252 g/mol. The Morgan fingerprint density at radius 1 is 1.13 bits per heavy atom. The molecule has 1 aromatic rings. The number of alkyl halides is 1. The van der Waals surface area contributed by atoms with Crippen LogP contribution in [0.25, 0.3) is 0 Å². The van der Waals surface area contributed by atoms with Crippen molar-refractivity contribution in [3.8, 4) is 0 Å². The van der Waals surface area contributed by atoms with Gasteiger partial charge in [0, 0.05) is 17.3 Å². The summed E-state index contributed by atoms with van der Waals surface area (Å²) in [6.07, 6.45) is 2.70. The highest BCUT2D eigenvalue weighted by Gasteiger charge is 2.06. The normalized spacial score (nSPS) is 10.3. The summed E-state index contributed by atoms with van der Waals surface area (Å²) in [5.74, 6) is 0.266. The van der Waals surface area contributed by atoms with Crippen molar-refractivity contribution in [3.05, 3.63) is 34.9 Å². The van der Waals surface area contributed by atoms with E-state index in [4.69, 9.17) is 0 Å². The van der Waals surface area contributed by atoms with Crippen LogP contribution in [0.1, 0.15) is 40.7 Å². The van der Waals surface area contributed by atoms with Gasteiger partial charge in [0.05, 0.1) is 0 Å². The average molecular weight is 269 g/mol. The molecule has 0 saturated carbocycles. The van der Waals surface area contributed by atoms with Crippen LogP contribution in [0.2, 0.25) is 0 Å². The zero-order valence-electron chi connectivity index (χ0n) is 9.35. The van der Waals surface area contributed by atoms with E-state index in [1.807, 2.05) is 26.0 Å². The van der Waals surface area contributed by atoms with Crippen molar-refractivity contribution in [1.82, 2.24) is 0 Å². The van der Waals surface area contributed by atoms with Crippen molar-refractivity contribution in [1.29, 1.82) is 0 Å². The van der Waals surface area contributed by atoms with Gasteiger partial charge in [-0.2, -0.15) is 0 Å². The van der Waals surface area contributed by atoms with Crippen molar-refractivity contribution >= 4 is 21.7 Å². The van der Waals surface area contributed by atoms with Crippen molar-refractivity contribution < 1.29 is 4.79 Å². The number of carbonyl (C=O) groups is 1. The van der Waals surface area contributed by atoms with Crippen LogP contribution in [0.5, 0.6) is 0 Å². The highest BCUT2D eigenvalue weighted by atomic mass is 79.9. The van der Waals surface area contributed by atoms with E-state index in [1.54, 1.807) is 0 Å². The lowest BCUT2D eigenvalue weighted by atomic mass is 10.0. The SMILES string of the molecule is Cc1cc(C)cc(C(=O)CCCCBr)c1. The summed E-state index contributed by atoms with van der Waals surface area (Å²) < 4.78 is 0. The fourth-order valence-corrected chi connectivity index (χ4v) is 2.06.